The number of urea groups is 1. The molecule has 2 aliphatic rings. The van der Waals surface area contributed by atoms with Gasteiger partial charge in [-0.3, -0.25) is 0 Å². The van der Waals surface area contributed by atoms with E-state index in [1.807, 2.05) is 6.07 Å². The van der Waals surface area contributed by atoms with Crippen molar-refractivity contribution in [3.63, 3.8) is 0 Å². The number of benzene rings is 1. The molecule has 4 nitrogen and oxygen atoms in total. The first-order valence-electron chi connectivity index (χ1n) is 7.62. The number of rotatable bonds is 2. The molecule has 1 fully saturated rings. The molecule has 114 valence electrons. The summed E-state index contributed by atoms with van der Waals surface area (Å²) in [4.78, 5) is 14.1. The van der Waals surface area contributed by atoms with Crippen LogP contribution >= 0.6 is 0 Å². The topological polar surface area (TPSA) is 52.6 Å². The van der Waals surface area contributed by atoms with Gasteiger partial charge in [-0.15, -0.1) is 0 Å². The highest BCUT2D eigenvalue weighted by Gasteiger charge is 2.28. The Labute approximate surface area is 124 Å². The van der Waals surface area contributed by atoms with Crippen molar-refractivity contribution in [1.82, 2.24) is 10.2 Å². The molecule has 1 aliphatic heterocycles. The fourth-order valence-electron chi connectivity index (χ4n) is 3.33. The van der Waals surface area contributed by atoms with E-state index in [-0.39, 0.29) is 30.4 Å². The standard InChI is InChI=1S/C16H21FN2O2/c17-13-5-4-12-2-1-3-15(14(12)8-13)18-16(21)19-7-6-11(9-19)10-20/h4-5,8,11,15,20H,1-3,6-7,9-10H2,(H,18,21). The van der Waals surface area contributed by atoms with Crippen LogP contribution in [0.4, 0.5) is 9.18 Å². The number of carbonyl (C=O) groups excluding carboxylic acids is 1. The molecule has 2 atom stereocenters. The number of hydrogen-bond acceptors (Lipinski definition) is 2. The lowest BCUT2D eigenvalue weighted by molar-refractivity contribution is 0.193. The zero-order chi connectivity index (χ0) is 14.8. The maximum absolute atomic E-state index is 13.5. The smallest absolute Gasteiger partial charge is 0.317 e. The number of amides is 2. The first kappa shape index (κ1) is 14.3. The summed E-state index contributed by atoms with van der Waals surface area (Å²) in [6, 6.07) is 4.63. The SMILES string of the molecule is O=C(NC1CCCc2ccc(F)cc21)N1CCC(CO)C1. The van der Waals surface area contributed by atoms with Crippen LogP contribution in [0.25, 0.3) is 0 Å². The lowest BCUT2D eigenvalue weighted by Crippen LogP contribution is -2.41. The minimum atomic E-state index is -0.253. The maximum atomic E-state index is 13.5. The summed E-state index contributed by atoms with van der Waals surface area (Å²) in [7, 11) is 0. The Morgan fingerprint density at radius 3 is 3.05 bits per heavy atom. The van der Waals surface area contributed by atoms with Gasteiger partial charge < -0.3 is 15.3 Å². The minimum Gasteiger partial charge on any atom is -0.396 e. The Morgan fingerprint density at radius 1 is 1.43 bits per heavy atom. The van der Waals surface area contributed by atoms with Crippen LogP contribution in [0, 0.1) is 11.7 Å². The van der Waals surface area contributed by atoms with Crippen molar-refractivity contribution < 1.29 is 14.3 Å². The molecule has 0 aromatic heterocycles. The van der Waals surface area contributed by atoms with E-state index in [1.165, 1.54) is 6.07 Å². The van der Waals surface area contributed by atoms with Crippen LogP contribution in [0.1, 0.15) is 36.4 Å². The second-order valence-electron chi connectivity index (χ2n) is 6.02. The summed E-state index contributed by atoms with van der Waals surface area (Å²) < 4.78 is 13.5. The second-order valence-corrected chi connectivity index (χ2v) is 6.02. The highest BCUT2D eigenvalue weighted by Crippen LogP contribution is 2.30. The van der Waals surface area contributed by atoms with Crippen LogP contribution < -0.4 is 5.32 Å². The molecule has 3 rings (SSSR count). The summed E-state index contributed by atoms with van der Waals surface area (Å²) in [6.07, 6.45) is 3.64. The van der Waals surface area contributed by atoms with E-state index < -0.39 is 0 Å². The van der Waals surface area contributed by atoms with E-state index in [2.05, 4.69) is 5.32 Å². The van der Waals surface area contributed by atoms with E-state index in [9.17, 15) is 9.18 Å². The summed E-state index contributed by atoms with van der Waals surface area (Å²) in [5.74, 6) is -0.0664. The molecule has 0 radical (unpaired) electrons. The number of carbonyl (C=O) groups is 1. The zero-order valence-corrected chi connectivity index (χ0v) is 12.0. The molecule has 5 heteroatoms. The van der Waals surface area contributed by atoms with Crippen molar-refractivity contribution in [2.75, 3.05) is 19.7 Å². The van der Waals surface area contributed by atoms with Gasteiger partial charge in [0.25, 0.3) is 0 Å². The highest BCUT2D eigenvalue weighted by atomic mass is 19.1. The molecular formula is C16H21FN2O2. The molecule has 1 aliphatic carbocycles. The van der Waals surface area contributed by atoms with Crippen molar-refractivity contribution in [3.8, 4) is 0 Å². The predicted molar refractivity (Wildman–Crippen MR) is 77.4 cm³/mol. The fourth-order valence-corrected chi connectivity index (χ4v) is 3.33. The lowest BCUT2D eigenvalue weighted by atomic mass is 9.87. The number of hydrogen-bond donors (Lipinski definition) is 2. The van der Waals surface area contributed by atoms with Crippen LogP contribution in [0.3, 0.4) is 0 Å². The Morgan fingerprint density at radius 2 is 2.29 bits per heavy atom. The minimum absolute atomic E-state index is 0.104. The number of nitrogens with one attached hydrogen (secondary N) is 1. The van der Waals surface area contributed by atoms with Crippen LogP contribution in [-0.4, -0.2) is 35.7 Å². The monoisotopic (exact) mass is 292 g/mol. The van der Waals surface area contributed by atoms with Crippen LogP contribution in [0.5, 0.6) is 0 Å². The van der Waals surface area contributed by atoms with Crippen LogP contribution in [0.2, 0.25) is 0 Å². The van der Waals surface area contributed by atoms with Gasteiger partial charge in [0.15, 0.2) is 0 Å². The van der Waals surface area contributed by atoms with Crippen LogP contribution in [0.15, 0.2) is 18.2 Å². The van der Waals surface area contributed by atoms with E-state index in [4.69, 9.17) is 5.11 Å². The molecule has 1 heterocycles. The van der Waals surface area contributed by atoms with Crippen molar-refractivity contribution in [1.29, 1.82) is 0 Å². The fraction of sp³-hybridized carbons (Fsp3) is 0.562. The van der Waals surface area contributed by atoms with Gasteiger partial charge in [-0.2, -0.15) is 0 Å². The summed E-state index contributed by atoms with van der Waals surface area (Å²) in [5.41, 5.74) is 2.04. The van der Waals surface area contributed by atoms with Crippen molar-refractivity contribution in [3.05, 3.63) is 35.1 Å². The van der Waals surface area contributed by atoms with E-state index >= 15 is 0 Å². The van der Waals surface area contributed by atoms with Gasteiger partial charge in [0, 0.05) is 25.6 Å². The Bertz CT molecular complexity index is 535. The third-order valence-electron chi connectivity index (χ3n) is 4.55. The molecular weight excluding hydrogens is 271 g/mol. The first-order chi connectivity index (χ1) is 10.2. The first-order valence-corrected chi connectivity index (χ1v) is 7.62. The van der Waals surface area contributed by atoms with Gasteiger partial charge in [-0.1, -0.05) is 6.07 Å². The van der Waals surface area contributed by atoms with Crippen molar-refractivity contribution >= 4 is 6.03 Å². The number of fused-ring (bicyclic) bond motifs is 1. The number of aryl methyl sites for hydroxylation is 1. The Hall–Kier alpha value is -1.62. The van der Waals surface area contributed by atoms with Gasteiger partial charge in [-0.05, 0) is 48.9 Å². The lowest BCUT2D eigenvalue weighted by Gasteiger charge is -2.28. The van der Waals surface area contributed by atoms with Gasteiger partial charge in [0.1, 0.15) is 5.82 Å². The quantitative estimate of drug-likeness (QED) is 0.878. The van der Waals surface area contributed by atoms with Gasteiger partial charge in [0.2, 0.25) is 0 Å². The van der Waals surface area contributed by atoms with Gasteiger partial charge in [-0.25, -0.2) is 9.18 Å². The molecule has 1 saturated heterocycles. The molecule has 0 spiro atoms. The zero-order valence-electron chi connectivity index (χ0n) is 12.0. The molecule has 0 bridgehead atoms. The molecule has 21 heavy (non-hydrogen) atoms. The number of likely N-dealkylation sites (tertiary alicyclic amines) is 1. The molecule has 0 saturated carbocycles. The van der Waals surface area contributed by atoms with E-state index in [1.54, 1.807) is 11.0 Å². The third-order valence-corrected chi connectivity index (χ3v) is 4.55. The van der Waals surface area contributed by atoms with Gasteiger partial charge >= 0.3 is 6.03 Å². The number of nitrogens with zero attached hydrogens (tertiary/aromatic N) is 1. The number of aliphatic hydroxyl groups excluding tert-OH is 1. The Balaban J connectivity index is 1.69. The normalized spacial score (nSPS) is 24.8. The number of aliphatic hydroxyl groups is 1. The van der Waals surface area contributed by atoms with Crippen LogP contribution in [-0.2, 0) is 6.42 Å². The van der Waals surface area contributed by atoms with Gasteiger partial charge in [0.05, 0.1) is 6.04 Å². The summed E-state index contributed by atoms with van der Waals surface area (Å²) in [6.45, 7) is 1.41. The number of halogens is 1. The third kappa shape index (κ3) is 3.02. The molecule has 1 aromatic rings. The second kappa shape index (κ2) is 6.02. The van der Waals surface area contributed by atoms with E-state index in [0.29, 0.717) is 13.1 Å². The highest BCUT2D eigenvalue weighted by molar-refractivity contribution is 5.75. The average molecular weight is 292 g/mol. The average Bonchev–Trinajstić information content (AvgIpc) is 2.97. The van der Waals surface area contributed by atoms with Crippen molar-refractivity contribution in [2.45, 2.75) is 31.7 Å². The van der Waals surface area contributed by atoms with E-state index in [0.717, 1.165) is 36.8 Å². The molecule has 2 N–H and O–H groups in total. The summed E-state index contributed by atoms with van der Waals surface area (Å²) >= 11 is 0. The molecule has 1 aromatic carbocycles. The molecule has 2 amide bonds. The predicted octanol–water partition coefficient (Wildman–Crippen LogP) is 2.23. The van der Waals surface area contributed by atoms with Crippen molar-refractivity contribution in [2.24, 2.45) is 5.92 Å². The maximum Gasteiger partial charge on any atom is 0.317 e. The molecule has 2 unspecified atom stereocenters. The Kier molecular flexibility index (Phi) is 4.10. The largest absolute Gasteiger partial charge is 0.396 e. The summed E-state index contributed by atoms with van der Waals surface area (Å²) in [5, 5.41) is 12.2.